The predicted octanol–water partition coefficient (Wildman–Crippen LogP) is 5.60. The molecule has 0 saturated heterocycles. The summed E-state index contributed by atoms with van der Waals surface area (Å²) in [5.74, 6) is 0.817. The Labute approximate surface area is 134 Å². The number of hydrogen-bond acceptors (Lipinski definition) is 1. The minimum atomic E-state index is -0.201. The van der Waals surface area contributed by atoms with Crippen LogP contribution in [-0.2, 0) is 0 Å². The lowest BCUT2D eigenvalue weighted by Crippen LogP contribution is -2.04. The first-order chi connectivity index (χ1) is 10.0. The third-order valence-corrected chi connectivity index (χ3v) is 4.18. The van der Waals surface area contributed by atoms with Crippen molar-refractivity contribution in [2.45, 2.75) is 26.1 Å². The Balaban J connectivity index is 2.46. The van der Waals surface area contributed by atoms with E-state index in [0.717, 1.165) is 33.7 Å². The number of aromatic nitrogens is 2. The standard InChI is InChI=1S/C17H16Cl2N2/c1-10-6-5-9-14-15(10)20-17(12(3)18)21(14)16-11(2)7-4-8-13(16)19/h4-9,12H,1-3H3. The lowest BCUT2D eigenvalue weighted by atomic mass is 10.1. The molecule has 0 aliphatic heterocycles. The molecule has 0 aliphatic carbocycles. The van der Waals surface area contributed by atoms with Gasteiger partial charge in [-0.1, -0.05) is 35.9 Å². The number of rotatable bonds is 2. The summed E-state index contributed by atoms with van der Waals surface area (Å²) in [5.41, 5.74) is 5.19. The second-order valence-electron chi connectivity index (χ2n) is 5.27. The summed E-state index contributed by atoms with van der Waals surface area (Å²) in [7, 11) is 0. The van der Waals surface area contributed by atoms with E-state index in [2.05, 4.69) is 23.6 Å². The summed E-state index contributed by atoms with van der Waals surface area (Å²) >= 11 is 12.8. The molecule has 0 aliphatic rings. The Morgan fingerprint density at radius 2 is 1.71 bits per heavy atom. The quantitative estimate of drug-likeness (QED) is 0.563. The van der Waals surface area contributed by atoms with E-state index >= 15 is 0 Å². The SMILES string of the molecule is Cc1cccc(Cl)c1-n1c(C(C)Cl)nc2c(C)cccc21. The van der Waals surface area contributed by atoms with Gasteiger partial charge in [-0.05, 0) is 44.0 Å². The highest BCUT2D eigenvalue weighted by atomic mass is 35.5. The van der Waals surface area contributed by atoms with E-state index in [1.165, 1.54) is 0 Å². The highest BCUT2D eigenvalue weighted by Gasteiger charge is 2.19. The Kier molecular flexibility index (Phi) is 3.68. The second-order valence-corrected chi connectivity index (χ2v) is 6.33. The van der Waals surface area contributed by atoms with Crippen LogP contribution in [0.15, 0.2) is 36.4 Å². The number of imidazole rings is 1. The van der Waals surface area contributed by atoms with Gasteiger partial charge in [-0.2, -0.15) is 0 Å². The summed E-state index contributed by atoms with van der Waals surface area (Å²) in [6.45, 7) is 6.04. The molecule has 21 heavy (non-hydrogen) atoms. The minimum absolute atomic E-state index is 0.201. The Morgan fingerprint density at radius 3 is 2.38 bits per heavy atom. The topological polar surface area (TPSA) is 17.8 Å². The van der Waals surface area contributed by atoms with Gasteiger partial charge in [0.05, 0.1) is 27.1 Å². The van der Waals surface area contributed by atoms with Crippen LogP contribution >= 0.6 is 23.2 Å². The molecule has 2 aromatic carbocycles. The molecule has 108 valence electrons. The number of alkyl halides is 1. The van der Waals surface area contributed by atoms with Crippen molar-refractivity contribution in [2.75, 3.05) is 0 Å². The summed E-state index contributed by atoms with van der Waals surface area (Å²) in [5, 5.41) is 0.502. The molecule has 3 aromatic rings. The second kappa shape index (κ2) is 5.36. The van der Waals surface area contributed by atoms with Gasteiger partial charge in [0.1, 0.15) is 5.82 Å². The molecule has 1 unspecified atom stereocenters. The summed E-state index contributed by atoms with van der Waals surface area (Å²) < 4.78 is 2.08. The normalized spacial score (nSPS) is 12.8. The van der Waals surface area contributed by atoms with Crippen LogP contribution in [0, 0.1) is 13.8 Å². The molecule has 0 bridgehead atoms. The largest absolute Gasteiger partial charge is 0.293 e. The van der Waals surface area contributed by atoms with Gasteiger partial charge in [0.15, 0.2) is 0 Å². The maximum atomic E-state index is 6.45. The van der Waals surface area contributed by atoms with Gasteiger partial charge in [-0.15, -0.1) is 11.6 Å². The number of fused-ring (bicyclic) bond motifs is 1. The van der Waals surface area contributed by atoms with Crippen LogP contribution in [-0.4, -0.2) is 9.55 Å². The van der Waals surface area contributed by atoms with Crippen LogP contribution in [0.5, 0.6) is 0 Å². The van der Waals surface area contributed by atoms with Gasteiger partial charge < -0.3 is 0 Å². The van der Waals surface area contributed by atoms with Crippen molar-refractivity contribution in [2.24, 2.45) is 0 Å². The lowest BCUT2D eigenvalue weighted by Gasteiger charge is -2.15. The third kappa shape index (κ3) is 2.33. The number of benzene rings is 2. The van der Waals surface area contributed by atoms with E-state index < -0.39 is 0 Å². The van der Waals surface area contributed by atoms with Gasteiger partial charge in [-0.25, -0.2) is 4.98 Å². The van der Waals surface area contributed by atoms with Crippen molar-refractivity contribution in [3.05, 3.63) is 58.4 Å². The van der Waals surface area contributed by atoms with Crippen LogP contribution in [0.25, 0.3) is 16.7 Å². The number of para-hydroxylation sites is 2. The molecule has 1 atom stereocenters. The number of halogens is 2. The molecular weight excluding hydrogens is 303 g/mol. The van der Waals surface area contributed by atoms with Crippen molar-refractivity contribution < 1.29 is 0 Å². The van der Waals surface area contributed by atoms with Crippen LogP contribution < -0.4 is 0 Å². The van der Waals surface area contributed by atoms with Gasteiger partial charge in [-0.3, -0.25) is 4.57 Å². The van der Waals surface area contributed by atoms with Crippen molar-refractivity contribution in [3.8, 4) is 5.69 Å². The van der Waals surface area contributed by atoms with Crippen LogP contribution in [0.2, 0.25) is 5.02 Å². The van der Waals surface area contributed by atoms with Gasteiger partial charge >= 0.3 is 0 Å². The molecular formula is C17H16Cl2N2. The van der Waals surface area contributed by atoms with Crippen LogP contribution in [0.1, 0.15) is 29.3 Å². The number of nitrogens with zero attached hydrogens (tertiary/aromatic N) is 2. The smallest absolute Gasteiger partial charge is 0.132 e. The van der Waals surface area contributed by atoms with E-state index in [-0.39, 0.29) is 5.38 Å². The fraction of sp³-hybridized carbons (Fsp3) is 0.235. The average Bonchev–Trinajstić information content (AvgIpc) is 2.80. The fourth-order valence-electron chi connectivity index (χ4n) is 2.67. The minimum Gasteiger partial charge on any atom is -0.293 e. The number of aryl methyl sites for hydroxylation is 2. The number of hydrogen-bond donors (Lipinski definition) is 0. The van der Waals surface area contributed by atoms with Crippen molar-refractivity contribution in [1.82, 2.24) is 9.55 Å². The van der Waals surface area contributed by atoms with E-state index in [0.29, 0.717) is 5.02 Å². The van der Waals surface area contributed by atoms with Gasteiger partial charge in [0.25, 0.3) is 0 Å². The molecule has 3 rings (SSSR count). The van der Waals surface area contributed by atoms with E-state index in [4.69, 9.17) is 28.2 Å². The molecule has 2 nitrogen and oxygen atoms in total. The van der Waals surface area contributed by atoms with Crippen molar-refractivity contribution in [3.63, 3.8) is 0 Å². The molecule has 4 heteroatoms. The first kappa shape index (κ1) is 14.4. The Hall–Kier alpha value is -1.51. The molecule has 0 radical (unpaired) electrons. The fourth-order valence-corrected chi connectivity index (χ4v) is 3.12. The molecule has 1 aromatic heterocycles. The summed E-state index contributed by atoms with van der Waals surface area (Å²) in [6.07, 6.45) is 0. The first-order valence-corrected chi connectivity index (χ1v) is 7.69. The van der Waals surface area contributed by atoms with Crippen molar-refractivity contribution >= 4 is 34.2 Å². The maximum absolute atomic E-state index is 6.45. The van der Waals surface area contributed by atoms with Gasteiger partial charge in [0.2, 0.25) is 0 Å². The Morgan fingerprint density at radius 1 is 1.05 bits per heavy atom. The molecule has 1 heterocycles. The van der Waals surface area contributed by atoms with Gasteiger partial charge in [0, 0.05) is 0 Å². The van der Waals surface area contributed by atoms with E-state index in [9.17, 15) is 0 Å². The Bertz CT molecular complexity index is 799. The predicted molar refractivity (Wildman–Crippen MR) is 89.8 cm³/mol. The summed E-state index contributed by atoms with van der Waals surface area (Å²) in [6, 6.07) is 12.0. The molecule has 0 saturated carbocycles. The highest BCUT2D eigenvalue weighted by molar-refractivity contribution is 6.32. The van der Waals surface area contributed by atoms with E-state index in [1.807, 2.05) is 38.1 Å². The molecule has 0 amide bonds. The zero-order chi connectivity index (χ0) is 15.1. The zero-order valence-electron chi connectivity index (χ0n) is 12.2. The molecule has 0 fully saturated rings. The zero-order valence-corrected chi connectivity index (χ0v) is 13.7. The highest BCUT2D eigenvalue weighted by Crippen LogP contribution is 2.33. The summed E-state index contributed by atoms with van der Waals surface area (Å²) in [4.78, 5) is 4.74. The monoisotopic (exact) mass is 318 g/mol. The van der Waals surface area contributed by atoms with Crippen LogP contribution in [0.3, 0.4) is 0 Å². The van der Waals surface area contributed by atoms with Crippen molar-refractivity contribution in [1.29, 1.82) is 0 Å². The average molecular weight is 319 g/mol. The lowest BCUT2D eigenvalue weighted by molar-refractivity contribution is 0.878. The molecule has 0 N–H and O–H groups in total. The van der Waals surface area contributed by atoms with Crippen LogP contribution in [0.4, 0.5) is 0 Å². The third-order valence-electron chi connectivity index (χ3n) is 3.68. The first-order valence-electron chi connectivity index (χ1n) is 6.88. The maximum Gasteiger partial charge on any atom is 0.132 e. The van der Waals surface area contributed by atoms with E-state index in [1.54, 1.807) is 0 Å². The molecule has 0 spiro atoms.